The van der Waals surface area contributed by atoms with Gasteiger partial charge in [-0.2, -0.15) is 0 Å². The van der Waals surface area contributed by atoms with E-state index in [0.717, 1.165) is 5.56 Å². The third-order valence-electron chi connectivity index (χ3n) is 1.46. The number of hydrogen-bond acceptors (Lipinski definition) is 3. The summed E-state index contributed by atoms with van der Waals surface area (Å²) in [6.07, 6.45) is 2.12. The molecule has 0 unspecified atom stereocenters. The summed E-state index contributed by atoms with van der Waals surface area (Å²) in [5.41, 5.74) is 0.859. The summed E-state index contributed by atoms with van der Waals surface area (Å²) in [5.74, 6) is 0.119. The molecule has 0 aliphatic rings. The van der Waals surface area contributed by atoms with Crippen LogP contribution in [0.1, 0.15) is 5.56 Å². The summed E-state index contributed by atoms with van der Waals surface area (Å²) in [6, 6.07) is 9.26. The van der Waals surface area contributed by atoms with Gasteiger partial charge in [0.2, 0.25) is 0 Å². The largest absolute Gasteiger partial charge is 0.464 e. The fraction of sp³-hybridized carbons (Fsp3) is 0.100. The minimum Gasteiger partial charge on any atom is -0.464 e. The summed E-state index contributed by atoms with van der Waals surface area (Å²) < 4.78 is 4.64. The van der Waals surface area contributed by atoms with Crippen molar-refractivity contribution in [1.29, 1.82) is 0 Å². The predicted octanol–water partition coefficient (Wildman–Crippen LogP) is 1.19. The lowest BCUT2D eigenvalue weighted by Crippen LogP contribution is -1.94. The Bertz CT molecular complexity index is 290. The Labute approximate surface area is 76.3 Å². The van der Waals surface area contributed by atoms with E-state index in [1.54, 1.807) is 6.08 Å². The number of carbonyl (C=O) groups is 1. The lowest BCUT2D eigenvalue weighted by molar-refractivity contribution is -0.109. The first-order valence-corrected chi connectivity index (χ1v) is 3.82. The van der Waals surface area contributed by atoms with Gasteiger partial charge in [-0.25, -0.2) is 0 Å². The van der Waals surface area contributed by atoms with Crippen LogP contribution in [0.4, 0.5) is 0 Å². The molecule has 0 fully saturated rings. The van der Waals surface area contributed by atoms with E-state index in [1.807, 2.05) is 30.3 Å². The number of aliphatic hydroxyl groups excluding tert-OH is 1. The lowest BCUT2D eigenvalue weighted by Gasteiger charge is -1.99. The van der Waals surface area contributed by atoms with Crippen LogP contribution in [0.15, 0.2) is 36.1 Å². The van der Waals surface area contributed by atoms with Crippen molar-refractivity contribution >= 4 is 12.4 Å². The van der Waals surface area contributed by atoms with E-state index >= 15 is 0 Å². The van der Waals surface area contributed by atoms with E-state index in [2.05, 4.69) is 4.74 Å². The maximum Gasteiger partial charge on any atom is 0.186 e. The number of allylic oxidation sites excluding steroid dienone is 1. The van der Waals surface area contributed by atoms with Crippen molar-refractivity contribution in [3.05, 3.63) is 41.7 Å². The van der Waals surface area contributed by atoms with Crippen LogP contribution < -0.4 is 0 Å². The molecule has 0 spiro atoms. The van der Waals surface area contributed by atoms with Crippen molar-refractivity contribution in [2.45, 2.75) is 0 Å². The van der Waals surface area contributed by atoms with Crippen LogP contribution in [-0.4, -0.2) is 18.2 Å². The zero-order valence-electron chi connectivity index (χ0n) is 7.01. The Kier molecular flexibility index (Phi) is 3.73. The van der Waals surface area contributed by atoms with E-state index in [-0.39, 0.29) is 5.76 Å². The molecule has 0 heterocycles. The quantitative estimate of drug-likeness (QED) is 0.326. The Balaban J connectivity index is 2.79. The highest BCUT2D eigenvalue weighted by Gasteiger charge is 1.94. The fourth-order valence-corrected chi connectivity index (χ4v) is 0.898. The van der Waals surface area contributed by atoms with Gasteiger partial charge in [-0.3, -0.25) is 4.79 Å². The second-order valence-electron chi connectivity index (χ2n) is 2.35. The molecule has 0 bridgehead atoms. The van der Waals surface area contributed by atoms with Gasteiger partial charge in [-0.05, 0) is 11.6 Å². The molecule has 1 aromatic carbocycles. The van der Waals surface area contributed by atoms with E-state index in [4.69, 9.17) is 5.11 Å². The second-order valence-corrected chi connectivity index (χ2v) is 2.35. The Morgan fingerprint density at radius 2 is 2.08 bits per heavy atom. The van der Waals surface area contributed by atoms with Gasteiger partial charge in [0.15, 0.2) is 18.8 Å². The average Bonchev–Trinajstić information content (AvgIpc) is 2.19. The fourth-order valence-electron chi connectivity index (χ4n) is 0.898. The molecular weight excluding hydrogens is 168 g/mol. The molecule has 1 N–H and O–H groups in total. The van der Waals surface area contributed by atoms with Gasteiger partial charge in [-0.15, -0.1) is 0 Å². The number of ether oxygens (including phenoxy) is 1. The predicted molar refractivity (Wildman–Crippen MR) is 48.7 cm³/mol. The highest BCUT2D eigenvalue weighted by atomic mass is 16.6. The summed E-state index contributed by atoms with van der Waals surface area (Å²) in [4.78, 5) is 10.4. The van der Waals surface area contributed by atoms with Crippen molar-refractivity contribution < 1.29 is 14.6 Å². The molecule has 0 saturated heterocycles. The number of rotatable bonds is 4. The number of benzene rings is 1. The van der Waals surface area contributed by atoms with Gasteiger partial charge >= 0.3 is 0 Å². The lowest BCUT2D eigenvalue weighted by atomic mass is 10.2. The van der Waals surface area contributed by atoms with E-state index in [9.17, 15) is 4.79 Å². The minimum absolute atomic E-state index is 0.119. The minimum atomic E-state index is -0.489. The topological polar surface area (TPSA) is 46.5 Å². The molecule has 0 radical (unpaired) electrons. The number of aliphatic hydroxyl groups is 1. The summed E-state index contributed by atoms with van der Waals surface area (Å²) >= 11 is 0. The van der Waals surface area contributed by atoms with Crippen LogP contribution in [0.5, 0.6) is 0 Å². The van der Waals surface area contributed by atoms with Gasteiger partial charge < -0.3 is 9.84 Å². The third kappa shape index (κ3) is 3.09. The normalized spacial score (nSPS) is 11.0. The zero-order chi connectivity index (χ0) is 9.52. The first-order valence-electron chi connectivity index (χ1n) is 3.82. The monoisotopic (exact) mass is 178 g/mol. The molecule has 0 aliphatic carbocycles. The van der Waals surface area contributed by atoms with Gasteiger partial charge in [0.05, 0.1) is 0 Å². The maximum atomic E-state index is 10.4. The zero-order valence-corrected chi connectivity index (χ0v) is 7.01. The van der Waals surface area contributed by atoms with Crippen LogP contribution in [0.25, 0.3) is 6.08 Å². The second kappa shape index (κ2) is 5.11. The smallest absolute Gasteiger partial charge is 0.186 e. The molecule has 3 nitrogen and oxygen atoms in total. The first kappa shape index (κ1) is 9.48. The van der Waals surface area contributed by atoms with Crippen LogP contribution in [0, 0.1) is 0 Å². The first-order chi connectivity index (χ1) is 6.36. The molecule has 1 aromatic rings. The Morgan fingerprint density at radius 3 is 2.62 bits per heavy atom. The van der Waals surface area contributed by atoms with Crippen molar-refractivity contribution in [2.24, 2.45) is 0 Å². The number of carbonyl (C=O) groups excluding carboxylic acids is 1. The number of aldehydes is 1. The summed E-state index contributed by atoms with van der Waals surface area (Å²) in [7, 11) is 0. The van der Waals surface area contributed by atoms with Crippen LogP contribution in [0.2, 0.25) is 0 Å². The molecule has 3 heteroatoms. The molecule has 13 heavy (non-hydrogen) atoms. The van der Waals surface area contributed by atoms with E-state index < -0.39 is 6.79 Å². The Morgan fingerprint density at radius 1 is 1.38 bits per heavy atom. The highest BCUT2D eigenvalue weighted by Crippen LogP contribution is 2.05. The standard InChI is InChI=1S/C10H10O3/c11-7-10(13-8-12)6-9-4-2-1-3-5-9/h1-7,12H,8H2. The average molecular weight is 178 g/mol. The molecule has 68 valence electrons. The maximum absolute atomic E-state index is 10.4. The van der Waals surface area contributed by atoms with Crippen molar-refractivity contribution in [1.82, 2.24) is 0 Å². The van der Waals surface area contributed by atoms with Crippen LogP contribution >= 0.6 is 0 Å². The van der Waals surface area contributed by atoms with Gasteiger partial charge in [-0.1, -0.05) is 30.3 Å². The van der Waals surface area contributed by atoms with Crippen molar-refractivity contribution in [3.63, 3.8) is 0 Å². The number of hydrogen-bond donors (Lipinski definition) is 1. The molecule has 0 aliphatic heterocycles. The summed E-state index contributed by atoms with van der Waals surface area (Å²) in [5, 5.41) is 8.42. The van der Waals surface area contributed by atoms with Gasteiger partial charge in [0, 0.05) is 0 Å². The third-order valence-corrected chi connectivity index (χ3v) is 1.46. The molecule has 1 rings (SSSR count). The summed E-state index contributed by atoms with van der Waals surface area (Å²) in [6.45, 7) is -0.489. The molecule has 0 saturated carbocycles. The van der Waals surface area contributed by atoms with E-state index in [1.165, 1.54) is 0 Å². The van der Waals surface area contributed by atoms with Gasteiger partial charge in [0.1, 0.15) is 0 Å². The van der Waals surface area contributed by atoms with Crippen LogP contribution in [-0.2, 0) is 9.53 Å². The molecule has 0 amide bonds. The molecule has 0 atom stereocenters. The van der Waals surface area contributed by atoms with E-state index in [0.29, 0.717) is 6.29 Å². The van der Waals surface area contributed by atoms with Crippen molar-refractivity contribution in [3.8, 4) is 0 Å². The van der Waals surface area contributed by atoms with Crippen molar-refractivity contribution in [2.75, 3.05) is 6.79 Å². The Hall–Kier alpha value is -1.61. The molecular formula is C10H10O3. The van der Waals surface area contributed by atoms with Crippen LogP contribution in [0.3, 0.4) is 0 Å². The molecule has 0 aromatic heterocycles. The highest BCUT2D eigenvalue weighted by molar-refractivity contribution is 5.78. The van der Waals surface area contributed by atoms with Gasteiger partial charge in [0.25, 0.3) is 0 Å². The SMILES string of the molecule is O=CC(=Cc1ccccc1)OCO.